The first kappa shape index (κ1) is 23.5. The topological polar surface area (TPSA) is 109 Å². The number of para-hydroxylation sites is 1. The average molecular weight is 490 g/mol. The van der Waals surface area contributed by atoms with Gasteiger partial charge in [0.05, 0.1) is 10.5 Å². The van der Waals surface area contributed by atoms with Crippen LogP contribution in [0.1, 0.15) is 23.2 Å². The van der Waals surface area contributed by atoms with Crippen LogP contribution in [-0.2, 0) is 16.1 Å². The van der Waals surface area contributed by atoms with Gasteiger partial charge in [0, 0.05) is 74.2 Å². The highest BCUT2D eigenvalue weighted by molar-refractivity contribution is 6.45. The number of nitrogens with zero attached hydrogens (tertiary/aromatic N) is 5. The molecule has 0 bridgehead atoms. The molecule has 3 aromatic rings. The number of aromatic nitrogens is 1. The molecule has 0 spiro atoms. The van der Waals surface area contributed by atoms with Gasteiger partial charge in [0.2, 0.25) is 5.91 Å². The molecule has 2 aromatic carbocycles. The van der Waals surface area contributed by atoms with Crippen LogP contribution in [0.3, 0.4) is 0 Å². The summed E-state index contributed by atoms with van der Waals surface area (Å²) in [5.74, 6) is -1.13. The summed E-state index contributed by atoms with van der Waals surface area (Å²) in [7, 11) is 0. The number of anilines is 1. The molecule has 2 amide bonds. The molecule has 3 heterocycles. The number of nitro benzene ring substituents is 1. The van der Waals surface area contributed by atoms with Crippen molar-refractivity contribution in [2.45, 2.75) is 19.4 Å². The molecule has 0 N–H and O–H groups in total. The highest BCUT2D eigenvalue weighted by Crippen LogP contribution is 2.24. The van der Waals surface area contributed by atoms with Crippen molar-refractivity contribution in [2.75, 3.05) is 44.2 Å². The number of hydrogen-bond acceptors (Lipinski definition) is 6. The minimum absolute atomic E-state index is 0.0148. The molecule has 1 aromatic heterocycles. The lowest BCUT2D eigenvalue weighted by molar-refractivity contribution is -0.384. The van der Waals surface area contributed by atoms with E-state index < -0.39 is 16.6 Å². The fourth-order valence-electron chi connectivity index (χ4n) is 4.98. The summed E-state index contributed by atoms with van der Waals surface area (Å²) in [4.78, 5) is 55.0. The van der Waals surface area contributed by atoms with Crippen molar-refractivity contribution >= 4 is 39.9 Å². The number of hydrogen-bond donors (Lipinski definition) is 0. The molecular weight excluding hydrogens is 462 g/mol. The Morgan fingerprint density at radius 3 is 2.17 bits per heavy atom. The number of nitro groups is 1. The second-order valence-corrected chi connectivity index (χ2v) is 9.16. The molecule has 2 aliphatic heterocycles. The van der Waals surface area contributed by atoms with Gasteiger partial charge in [-0.3, -0.25) is 24.5 Å². The lowest BCUT2D eigenvalue weighted by Crippen LogP contribution is -2.50. The molecule has 0 saturated carbocycles. The van der Waals surface area contributed by atoms with Gasteiger partial charge in [-0.15, -0.1) is 0 Å². The Labute approximate surface area is 207 Å². The van der Waals surface area contributed by atoms with Crippen molar-refractivity contribution in [2.24, 2.45) is 0 Å². The summed E-state index contributed by atoms with van der Waals surface area (Å²) < 4.78 is 1.77. The molecule has 0 unspecified atom stereocenters. The number of non-ortho nitro benzene ring substituents is 1. The Morgan fingerprint density at radius 1 is 0.833 bits per heavy atom. The fraction of sp³-hybridized carbons (Fsp3) is 0.346. The summed E-state index contributed by atoms with van der Waals surface area (Å²) in [5, 5.41) is 11.5. The van der Waals surface area contributed by atoms with Crippen LogP contribution in [0.4, 0.5) is 11.4 Å². The smallest absolute Gasteiger partial charge is 0.295 e. The second kappa shape index (κ2) is 9.80. The van der Waals surface area contributed by atoms with E-state index in [-0.39, 0.29) is 18.1 Å². The van der Waals surface area contributed by atoms with Crippen LogP contribution < -0.4 is 4.90 Å². The lowest BCUT2D eigenvalue weighted by Gasteiger charge is -2.35. The molecule has 0 atom stereocenters. The third-order valence-electron chi connectivity index (χ3n) is 6.98. The van der Waals surface area contributed by atoms with Gasteiger partial charge in [-0.1, -0.05) is 18.2 Å². The summed E-state index contributed by atoms with van der Waals surface area (Å²) in [5.41, 5.74) is 1.93. The number of Topliss-reactive ketones (excluding diaryl/α,β-unsaturated/α-hetero) is 1. The highest BCUT2D eigenvalue weighted by atomic mass is 16.6. The second-order valence-electron chi connectivity index (χ2n) is 9.16. The van der Waals surface area contributed by atoms with E-state index in [0.717, 1.165) is 37.1 Å². The molecule has 10 nitrogen and oxygen atoms in total. The van der Waals surface area contributed by atoms with Gasteiger partial charge in [-0.25, -0.2) is 0 Å². The first-order valence-electron chi connectivity index (χ1n) is 12.1. The first-order chi connectivity index (χ1) is 17.4. The molecular formula is C26H27N5O5. The molecule has 5 rings (SSSR count). The van der Waals surface area contributed by atoms with Crippen molar-refractivity contribution in [3.8, 4) is 0 Å². The van der Waals surface area contributed by atoms with Crippen molar-refractivity contribution in [1.29, 1.82) is 0 Å². The van der Waals surface area contributed by atoms with Crippen molar-refractivity contribution in [1.82, 2.24) is 14.4 Å². The van der Waals surface area contributed by atoms with Crippen molar-refractivity contribution in [3.05, 3.63) is 70.4 Å². The van der Waals surface area contributed by atoms with Gasteiger partial charge in [-0.2, -0.15) is 0 Å². The van der Waals surface area contributed by atoms with E-state index in [1.54, 1.807) is 33.9 Å². The maximum absolute atomic E-state index is 13.3. The van der Waals surface area contributed by atoms with E-state index in [4.69, 9.17) is 0 Å². The number of carbonyl (C=O) groups excluding carboxylic acids is 3. The van der Waals surface area contributed by atoms with Crippen LogP contribution in [0.2, 0.25) is 0 Å². The van der Waals surface area contributed by atoms with Crippen LogP contribution in [0, 0.1) is 10.1 Å². The molecule has 36 heavy (non-hydrogen) atoms. The van der Waals surface area contributed by atoms with Crippen LogP contribution in [0.25, 0.3) is 10.9 Å². The quantitative estimate of drug-likeness (QED) is 0.228. The Bertz CT molecular complexity index is 1320. The van der Waals surface area contributed by atoms with Gasteiger partial charge in [0.15, 0.2) is 0 Å². The SMILES string of the molecule is O=C(C(=O)N1CCN(c2ccc([N+](=O)[O-])cc2)CC1)c1cn(CC(=O)N2CCCC2)c2ccccc12. The molecule has 2 aliphatic rings. The van der Waals surface area contributed by atoms with E-state index in [2.05, 4.69) is 0 Å². The molecule has 10 heteroatoms. The number of ketones is 1. The Hall–Kier alpha value is -4.21. The minimum atomic E-state index is -0.581. The van der Waals surface area contributed by atoms with Gasteiger partial charge in [-0.05, 0) is 31.0 Å². The largest absolute Gasteiger partial charge is 0.368 e. The van der Waals surface area contributed by atoms with Crippen LogP contribution in [0.5, 0.6) is 0 Å². The maximum Gasteiger partial charge on any atom is 0.295 e. The zero-order valence-electron chi connectivity index (χ0n) is 19.8. The van der Waals surface area contributed by atoms with Crippen molar-refractivity contribution in [3.63, 3.8) is 0 Å². The summed E-state index contributed by atoms with van der Waals surface area (Å²) in [6.45, 7) is 3.42. The number of carbonyl (C=O) groups is 3. The summed E-state index contributed by atoms with van der Waals surface area (Å²) in [6, 6.07) is 13.6. The molecule has 2 saturated heterocycles. The van der Waals surface area contributed by atoms with Crippen LogP contribution >= 0.6 is 0 Å². The lowest BCUT2D eigenvalue weighted by atomic mass is 10.1. The average Bonchev–Trinajstić information content (AvgIpc) is 3.57. The Balaban J connectivity index is 1.28. The van der Waals surface area contributed by atoms with E-state index in [9.17, 15) is 24.5 Å². The van der Waals surface area contributed by atoms with Gasteiger partial charge < -0.3 is 19.3 Å². The first-order valence-corrected chi connectivity index (χ1v) is 12.1. The molecule has 0 aliphatic carbocycles. The normalized spacial score (nSPS) is 15.9. The number of rotatable bonds is 6. The predicted octanol–water partition coefficient (Wildman–Crippen LogP) is 2.70. The maximum atomic E-state index is 13.3. The van der Waals surface area contributed by atoms with E-state index in [0.29, 0.717) is 37.1 Å². The monoisotopic (exact) mass is 489 g/mol. The number of likely N-dealkylation sites (tertiary alicyclic amines) is 1. The van der Waals surface area contributed by atoms with Crippen LogP contribution in [0.15, 0.2) is 54.7 Å². The zero-order valence-corrected chi connectivity index (χ0v) is 19.8. The van der Waals surface area contributed by atoms with Crippen LogP contribution in [-0.4, -0.2) is 76.2 Å². The Kier molecular flexibility index (Phi) is 6.41. The molecule has 2 fully saturated rings. The van der Waals surface area contributed by atoms with E-state index in [1.165, 1.54) is 12.1 Å². The summed E-state index contributed by atoms with van der Waals surface area (Å²) >= 11 is 0. The fourth-order valence-corrected chi connectivity index (χ4v) is 4.98. The van der Waals surface area contributed by atoms with E-state index >= 15 is 0 Å². The zero-order chi connectivity index (χ0) is 25.2. The third kappa shape index (κ3) is 4.53. The Morgan fingerprint density at radius 2 is 1.50 bits per heavy atom. The molecule has 186 valence electrons. The minimum Gasteiger partial charge on any atom is -0.368 e. The number of benzene rings is 2. The molecule has 0 radical (unpaired) electrons. The number of fused-ring (bicyclic) bond motifs is 1. The van der Waals surface area contributed by atoms with Gasteiger partial charge >= 0.3 is 0 Å². The van der Waals surface area contributed by atoms with Gasteiger partial charge in [0.1, 0.15) is 6.54 Å². The number of piperazine rings is 1. The van der Waals surface area contributed by atoms with E-state index in [1.807, 2.05) is 28.0 Å². The van der Waals surface area contributed by atoms with Gasteiger partial charge in [0.25, 0.3) is 17.4 Å². The van der Waals surface area contributed by atoms with Crippen molar-refractivity contribution < 1.29 is 19.3 Å². The third-order valence-corrected chi connectivity index (χ3v) is 6.98. The number of amides is 2. The highest BCUT2D eigenvalue weighted by Gasteiger charge is 2.30. The standard InChI is InChI=1S/C26H27N5O5/c32-24(28-11-3-4-12-28)18-30-17-22(21-5-1-2-6-23(21)30)25(33)26(34)29-15-13-27(14-16-29)19-7-9-20(10-8-19)31(35)36/h1-2,5-10,17H,3-4,11-16,18H2. The predicted molar refractivity (Wildman–Crippen MR) is 134 cm³/mol. The summed E-state index contributed by atoms with van der Waals surface area (Å²) in [6.07, 6.45) is 3.65.